The second-order valence-electron chi connectivity index (χ2n) is 5.76. The van der Waals surface area contributed by atoms with Crippen LogP contribution in [0.25, 0.3) is 0 Å². The zero-order valence-electron chi connectivity index (χ0n) is 12.9. The number of hydrogen-bond acceptors (Lipinski definition) is 4. The molecule has 2 amide bonds. The average molecular weight is 317 g/mol. The molecular weight excluding hydrogens is 290 g/mol. The maximum atomic E-state index is 11.7. The van der Waals surface area contributed by atoms with Crippen LogP contribution in [0.15, 0.2) is 0 Å². The molecule has 1 atom stereocenters. The Labute approximate surface area is 131 Å². The van der Waals surface area contributed by atoms with Gasteiger partial charge < -0.3 is 15.7 Å². The molecule has 0 aromatic heterocycles. The Kier molecular flexibility index (Phi) is 8.52. The molecule has 0 spiro atoms. The number of hydrogen-bond donors (Lipinski definition) is 3. The highest BCUT2D eigenvalue weighted by Crippen LogP contribution is 2.11. The largest absolute Gasteiger partial charge is 0.481 e. The van der Waals surface area contributed by atoms with E-state index in [9.17, 15) is 9.59 Å². The molecule has 1 saturated heterocycles. The van der Waals surface area contributed by atoms with Gasteiger partial charge in [0.2, 0.25) is 0 Å². The number of urea groups is 1. The maximum absolute atomic E-state index is 11.7. The van der Waals surface area contributed by atoms with Crippen LogP contribution in [0, 0.1) is 11.8 Å². The maximum Gasteiger partial charge on any atom is 0.314 e. The first-order valence-corrected chi connectivity index (χ1v) is 8.69. The zero-order valence-corrected chi connectivity index (χ0v) is 13.7. The van der Waals surface area contributed by atoms with Gasteiger partial charge in [-0.3, -0.25) is 9.69 Å². The van der Waals surface area contributed by atoms with Crippen molar-refractivity contribution in [2.24, 2.45) is 11.8 Å². The first-order chi connectivity index (χ1) is 9.99. The van der Waals surface area contributed by atoms with Crippen molar-refractivity contribution in [3.8, 4) is 0 Å². The molecule has 0 radical (unpaired) electrons. The normalized spacial score (nSPS) is 17.5. The fourth-order valence-electron chi connectivity index (χ4n) is 2.27. The summed E-state index contributed by atoms with van der Waals surface area (Å²) in [6.07, 6.45) is 0.570. The second kappa shape index (κ2) is 9.89. The Balaban J connectivity index is 2.15. The van der Waals surface area contributed by atoms with Gasteiger partial charge >= 0.3 is 12.0 Å². The average Bonchev–Trinajstić information content (AvgIpc) is 2.44. The molecule has 21 heavy (non-hydrogen) atoms. The number of carboxylic acid groups (broad SMARTS) is 1. The van der Waals surface area contributed by atoms with Crippen molar-refractivity contribution in [3.05, 3.63) is 0 Å². The van der Waals surface area contributed by atoms with E-state index in [1.807, 2.05) is 25.6 Å². The van der Waals surface area contributed by atoms with Crippen molar-refractivity contribution >= 4 is 23.8 Å². The predicted octanol–water partition coefficient (Wildman–Crippen LogP) is 1.08. The van der Waals surface area contributed by atoms with Crippen LogP contribution in [-0.2, 0) is 4.79 Å². The third-order valence-corrected chi connectivity index (χ3v) is 4.37. The van der Waals surface area contributed by atoms with Gasteiger partial charge in [-0.25, -0.2) is 4.79 Å². The summed E-state index contributed by atoms with van der Waals surface area (Å²) in [4.78, 5) is 25.1. The fraction of sp³-hybridized carbons (Fsp3) is 0.857. The lowest BCUT2D eigenvalue weighted by molar-refractivity contribution is -0.142. The molecule has 1 fully saturated rings. The summed E-state index contributed by atoms with van der Waals surface area (Å²) >= 11 is 1.96. The second-order valence-corrected chi connectivity index (χ2v) is 6.98. The summed E-state index contributed by atoms with van der Waals surface area (Å²) in [6.45, 7) is 7.73. The minimum atomic E-state index is -0.852. The minimum Gasteiger partial charge on any atom is -0.481 e. The number of amides is 2. The van der Waals surface area contributed by atoms with E-state index in [1.54, 1.807) is 0 Å². The molecule has 6 nitrogen and oxygen atoms in total. The van der Waals surface area contributed by atoms with Crippen molar-refractivity contribution in [2.45, 2.75) is 20.3 Å². The van der Waals surface area contributed by atoms with Gasteiger partial charge in [0.25, 0.3) is 0 Å². The highest BCUT2D eigenvalue weighted by atomic mass is 32.2. The number of carbonyl (C=O) groups is 2. The third kappa shape index (κ3) is 8.16. The molecule has 1 heterocycles. The molecule has 122 valence electrons. The summed E-state index contributed by atoms with van der Waals surface area (Å²) in [5.74, 6) is 1.24. The first-order valence-electron chi connectivity index (χ1n) is 7.53. The lowest BCUT2D eigenvalue weighted by Gasteiger charge is -2.26. The van der Waals surface area contributed by atoms with E-state index in [0.717, 1.165) is 31.1 Å². The minimum absolute atomic E-state index is 0.180. The van der Waals surface area contributed by atoms with E-state index in [1.165, 1.54) is 0 Å². The van der Waals surface area contributed by atoms with Crippen LogP contribution >= 0.6 is 11.8 Å². The van der Waals surface area contributed by atoms with E-state index >= 15 is 0 Å². The van der Waals surface area contributed by atoms with E-state index < -0.39 is 11.9 Å². The van der Waals surface area contributed by atoms with Gasteiger partial charge in [0, 0.05) is 44.2 Å². The molecule has 0 aromatic carbocycles. The number of rotatable bonds is 8. The number of carboxylic acids is 1. The summed E-state index contributed by atoms with van der Waals surface area (Å²) < 4.78 is 0. The monoisotopic (exact) mass is 317 g/mol. The highest BCUT2D eigenvalue weighted by molar-refractivity contribution is 7.99. The van der Waals surface area contributed by atoms with Crippen LogP contribution in [0.5, 0.6) is 0 Å². The quantitative estimate of drug-likeness (QED) is 0.624. The van der Waals surface area contributed by atoms with Crippen molar-refractivity contribution < 1.29 is 14.7 Å². The van der Waals surface area contributed by atoms with Gasteiger partial charge in [-0.05, 0) is 12.3 Å². The van der Waals surface area contributed by atoms with Crippen molar-refractivity contribution in [2.75, 3.05) is 44.2 Å². The van der Waals surface area contributed by atoms with E-state index in [2.05, 4.69) is 15.5 Å². The number of nitrogens with one attached hydrogen (secondary N) is 2. The number of carbonyl (C=O) groups excluding carboxylic acids is 1. The van der Waals surface area contributed by atoms with E-state index in [-0.39, 0.29) is 12.6 Å². The molecule has 0 aliphatic carbocycles. The summed E-state index contributed by atoms with van der Waals surface area (Å²) in [7, 11) is 0. The topological polar surface area (TPSA) is 81.7 Å². The van der Waals surface area contributed by atoms with Crippen molar-refractivity contribution in [1.29, 1.82) is 0 Å². The smallest absolute Gasteiger partial charge is 0.314 e. The standard InChI is InChI=1S/C14H27N3O3S/c1-11(2)9-12(13(18)19)10-16-14(20)15-3-4-17-5-7-21-8-6-17/h11-12H,3-10H2,1-2H3,(H,18,19)(H2,15,16,20). The van der Waals surface area contributed by atoms with E-state index in [4.69, 9.17) is 5.11 Å². The number of nitrogens with zero attached hydrogens (tertiary/aromatic N) is 1. The predicted molar refractivity (Wildman–Crippen MR) is 85.7 cm³/mol. The van der Waals surface area contributed by atoms with Gasteiger partial charge in [0.05, 0.1) is 5.92 Å². The van der Waals surface area contributed by atoms with Gasteiger partial charge in [-0.1, -0.05) is 13.8 Å². The number of thioether (sulfide) groups is 1. The molecule has 0 bridgehead atoms. The molecule has 7 heteroatoms. The lowest BCUT2D eigenvalue weighted by Crippen LogP contribution is -2.44. The highest BCUT2D eigenvalue weighted by Gasteiger charge is 2.19. The lowest BCUT2D eigenvalue weighted by atomic mass is 9.97. The van der Waals surface area contributed by atoms with Gasteiger partial charge in [-0.2, -0.15) is 11.8 Å². The Morgan fingerprint density at radius 2 is 1.90 bits per heavy atom. The van der Waals surface area contributed by atoms with Crippen LogP contribution in [0.3, 0.4) is 0 Å². The van der Waals surface area contributed by atoms with Crippen LogP contribution < -0.4 is 10.6 Å². The molecule has 3 N–H and O–H groups in total. The molecule has 0 saturated carbocycles. The molecule has 1 unspecified atom stereocenters. The third-order valence-electron chi connectivity index (χ3n) is 3.43. The summed E-state index contributed by atoms with van der Waals surface area (Å²) in [5.41, 5.74) is 0. The van der Waals surface area contributed by atoms with E-state index in [0.29, 0.717) is 18.9 Å². The SMILES string of the molecule is CC(C)CC(CNC(=O)NCCN1CCSCC1)C(=O)O. The summed E-state index contributed by atoms with van der Waals surface area (Å²) in [6, 6.07) is -0.281. The van der Waals surface area contributed by atoms with Crippen molar-refractivity contribution in [3.63, 3.8) is 0 Å². The molecule has 1 aliphatic heterocycles. The van der Waals surface area contributed by atoms with Crippen LogP contribution in [0.4, 0.5) is 4.79 Å². The Bertz CT molecular complexity index is 333. The molecular formula is C14H27N3O3S. The van der Waals surface area contributed by atoms with Gasteiger partial charge in [0.15, 0.2) is 0 Å². The van der Waals surface area contributed by atoms with Gasteiger partial charge in [-0.15, -0.1) is 0 Å². The van der Waals surface area contributed by atoms with Crippen LogP contribution in [-0.4, -0.2) is 66.2 Å². The Morgan fingerprint density at radius 3 is 2.48 bits per heavy atom. The zero-order chi connectivity index (χ0) is 15.7. The van der Waals surface area contributed by atoms with Crippen LogP contribution in [0.2, 0.25) is 0 Å². The summed E-state index contributed by atoms with van der Waals surface area (Å²) in [5, 5.41) is 14.5. The first kappa shape index (κ1) is 18.1. The Morgan fingerprint density at radius 1 is 1.24 bits per heavy atom. The molecule has 1 rings (SSSR count). The van der Waals surface area contributed by atoms with Gasteiger partial charge in [0.1, 0.15) is 0 Å². The fourth-order valence-corrected chi connectivity index (χ4v) is 3.25. The van der Waals surface area contributed by atoms with Crippen LogP contribution in [0.1, 0.15) is 20.3 Å². The molecule has 1 aliphatic rings. The number of aliphatic carboxylic acids is 1. The molecule has 0 aromatic rings. The Hall–Kier alpha value is -0.950. The van der Waals surface area contributed by atoms with Crippen molar-refractivity contribution in [1.82, 2.24) is 15.5 Å².